The fourth-order valence-electron chi connectivity index (χ4n) is 2.35. The van der Waals surface area contributed by atoms with E-state index in [1.165, 1.54) is 22.4 Å². The first-order valence-corrected chi connectivity index (χ1v) is 6.29. The van der Waals surface area contributed by atoms with E-state index in [1.807, 2.05) is 18.7 Å². The summed E-state index contributed by atoms with van der Waals surface area (Å²) in [6.45, 7) is 6.22. The Morgan fingerprint density at radius 1 is 1.22 bits per heavy atom. The zero-order chi connectivity index (χ0) is 13.3. The third kappa shape index (κ3) is 2.62. The van der Waals surface area contributed by atoms with Crippen molar-refractivity contribution in [2.24, 2.45) is 12.8 Å². The predicted molar refractivity (Wildman–Crippen MR) is 74.5 cm³/mol. The Kier molecular flexibility index (Phi) is 3.53. The van der Waals surface area contributed by atoms with Gasteiger partial charge in [-0.2, -0.15) is 5.10 Å². The molecule has 0 aliphatic heterocycles. The van der Waals surface area contributed by atoms with E-state index in [1.54, 1.807) is 0 Å². The first-order valence-electron chi connectivity index (χ1n) is 6.29. The Bertz CT molecular complexity index is 555. The second kappa shape index (κ2) is 4.94. The van der Waals surface area contributed by atoms with E-state index in [4.69, 9.17) is 5.73 Å². The van der Waals surface area contributed by atoms with Crippen molar-refractivity contribution in [3.05, 3.63) is 52.3 Å². The number of aryl methyl sites for hydroxylation is 4. The molecule has 0 bridgehead atoms. The molecular weight excluding hydrogens is 222 g/mol. The van der Waals surface area contributed by atoms with Crippen LogP contribution in [0.5, 0.6) is 0 Å². The molecule has 0 aliphatic rings. The first-order chi connectivity index (χ1) is 8.47. The molecule has 96 valence electrons. The first kappa shape index (κ1) is 12.8. The van der Waals surface area contributed by atoms with Gasteiger partial charge in [-0.25, -0.2) is 0 Å². The second-order valence-corrected chi connectivity index (χ2v) is 5.07. The molecule has 3 heteroatoms. The minimum Gasteiger partial charge on any atom is -0.324 e. The van der Waals surface area contributed by atoms with Crippen LogP contribution in [0.25, 0.3) is 0 Å². The average Bonchev–Trinajstić information content (AvgIpc) is 2.61. The molecule has 0 fully saturated rings. The van der Waals surface area contributed by atoms with Gasteiger partial charge in [0, 0.05) is 25.2 Å². The lowest BCUT2D eigenvalue weighted by Crippen LogP contribution is -2.16. The molecule has 0 amide bonds. The Morgan fingerprint density at radius 2 is 1.94 bits per heavy atom. The number of benzene rings is 1. The summed E-state index contributed by atoms with van der Waals surface area (Å²) in [4.78, 5) is 0. The van der Waals surface area contributed by atoms with Crippen molar-refractivity contribution in [2.45, 2.75) is 33.2 Å². The molecule has 0 saturated carbocycles. The fraction of sp³-hybridized carbons (Fsp3) is 0.400. The van der Waals surface area contributed by atoms with E-state index >= 15 is 0 Å². The van der Waals surface area contributed by atoms with Crippen molar-refractivity contribution >= 4 is 0 Å². The highest BCUT2D eigenvalue weighted by molar-refractivity contribution is 5.33. The topological polar surface area (TPSA) is 43.8 Å². The van der Waals surface area contributed by atoms with Gasteiger partial charge in [-0.15, -0.1) is 0 Å². The van der Waals surface area contributed by atoms with E-state index in [0.29, 0.717) is 0 Å². The standard InChI is InChI=1S/C15H21N3/c1-10-5-6-11(2)14(7-10)15(16)9-13-8-12(3)17-18(13)4/h5-8,15H,9,16H2,1-4H3. The van der Waals surface area contributed by atoms with Crippen LogP contribution >= 0.6 is 0 Å². The quantitative estimate of drug-likeness (QED) is 0.900. The number of hydrogen-bond donors (Lipinski definition) is 1. The van der Waals surface area contributed by atoms with Gasteiger partial charge < -0.3 is 5.73 Å². The number of nitrogens with zero attached hydrogens (tertiary/aromatic N) is 2. The highest BCUT2D eigenvalue weighted by Crippen LogP contribution is 2.21. The lowest BCUT2D eigenvalue weighted by molar-refractivity contribution is 0.637. The van der Waals surface area contributed by atoms with Gasteiger partial charge in [0.25, 0.3) is 0 Å². The summed E-state index contributed by atoms with van der Waals surface area (Å²) < 4.78 is 1.92. The number of rotatable bonds is 3. The maximum absolute atomic E-state index is 6.33. The largest absolute Gasteiger partial charge is 0.324 e. The van der Waals surface area contributed by atoms with Gasteiger partial charge in [-0.05, 0) is 38.0 Å². The van der Waals surface area contributed by atoms with Crippen molar-refractivity contribution in [1.82, 2.24) is 9.78 Å². The molecule has 0 saturated heterocycles. The van der Waals surface area contributed by atoms with Crippen LogP contribution in [-0.4, -0.2) is 9.78 Å². The van der Waals surface area contributed by atoms with E-state index in [2.05, 4.69) is 43.2 Å². The van der Waals surface area contributed by atoms with Crippen molar-refractivity contribution < 1.29 is 0 Å². The van der Waals surface area contributed by atoms with E-state index < -0.39 is 0 Å². The Labute approximate surface area is 109 Å². The smallest absolute Gasteiger partial charge is 0.0596 e. The van der Waals surface area contributed by atoms with Crippen LogP contribution in [0.15, 0.2) is 24.3 Å². The molecule has 1 atom stereocenters. The van der Waals surface area contributed by atoms with Gasteiger partial charge in [-0.1, -0.05) is 23.8 Å². The lowest BCUT2D eigenvalue weighted by Gasteiger charge is -2.15. The number of aromatic nitrogens is 2. The minimum atomic E-state index is 0.0275. The molecule has 18 heavy (non-hydrogen) atoms. The van der Waals surface area contributed by atoms with Gasteiger partial charge in [0.2, 0.25) is 0 Å². The lowest BCUT2D eigenvalue weighted by atomic mass is 9.96. The van der Waals surface area contributed by atoms with E-state index in [0.717, 1.165) is 12.1 Å². The highest BCUT2D eigenvalue weighted by Gasteiger charge is 2.12. The number of nitrogens with two attached hydrogens (primary N) is 1. The molecule has 3 nitrogen and oxygen atoms in total. The third-order valence-corrected chi connectivity index (χ3v) is 3.36. The normalized spacial score (nSPS) is 12.7. The van der Waals surface area contributed by atoms with Crippen molar-refractivity contribution in [3.63, 3.8) is 0 Å². The second-order valence-electron chi connectivity index (χ2n) is 5.07. The van der Waals surface area contributed by atoms with Gasteiger partial charge in [0.05, 0.1) is 5.69 Å². The maximum Gasteiger partial charge on any atom is 0.0596 e. The Balaban J connectivity index is 2.24. The van der Waals surface area contributed by atoms with Crippen LogP contribution in [0.3, 0.4) is 0 Å². The van der Waals surface area contributed by atoms with Crippen LogP contribution in [-0.2, 0) is 13.5 Å². The zero-order valence-electron chi connectivity index (χ0n) is 11.6. The monoisotopic (exact) mass is 243 g/mol. The Hall–Kier alpha value is -1.61. The molecule has 2 N–H and O–H groups in total. The maximum atomic E-state index is 6.33. The summed E-state index contributed by atoms with van der Waals surface area (Å²) in [5.74, 6) is 0. The van der Waals surface area contributed by atoms with Crippen LogP contribution in [0, 0.1) is 20.8 Å². The summed E-state index contributed by atoms with van der Waals surface area (Å²) in [7, 11) is 1.97. The summed E-state index contributed by atoms with van der Waals surface area (Å²) in [5.41, 5.74) is 12.3. The van der Waals surface area contributed by atoms with E-state index in [9.17, 15) is 0 Å². The molecule has 1 heterocycles. The van der Waals surface area contributed by atoms with Crippen LogP contribution in [0.2, 0.25) is 0 Å². The molecule has 0 aliphatic carbocycles. The molecule has 1 aromatic heterocycles. The fourth-order valence-corrected chi connectivity index (χ4v) is 2.35. The third-order valence-electron chi connectivity index (χ3n) is 3.36. The minimum absolute atomic E-state index is 0.0275. The van der Waals surface area contributed by atoms with Crippen molar-refractivity contribution in [1.29, 1.82) is 0 Å². The van der Waals surface area contributed by atoms with Gasteiger partial charge in [0.1, 0.15) is 0 Å². The predicted octanol–water partition coefficient (Wildman–Crippen LogP) is 2.59. The Morgan fingerprint density at radius 3 is 2.56 bits per heavy atom. The van der Waals surface area contributed by atoms with Gasteiger partial charge >= 0.3 is 0 Å². The summed E-state index contributed by atoms with van der Waals surface area (Å²) in [6.07, 6.45) is 0.821. The summed E-state index contributed by atoms with van der Waals surface area (Å²) in [6, 6.07) is 8.58. The van der Waals surface area contributed by atoms with Crippen LogP contribution in [0.1, 0.15) is 34.1 Å². The van der Waals surface area contributed by atoms with Gasteiger partial charge in [0.15, 0.2) is 0 Å². The molecule has 2 aromatic rings. The van der Waals surface area contributed by atoms with Crippen LogP contribution in [0.4, 0.5) is 0 Å². The zero-order valence-corrected chi connectivity index (χ0v) is 11.6. The van der Waals surface area contributed by atoms with Crippen molar-refractivity contribution in [3.8, 4) is 0 Å². The molecule has 1 aromatic carbocycles. The van der Waals surface area contributed by atoms with Crippen LogP contribution < -0.4 is 5.73 Å². The summed E-state index contributed by atoms with van der Waals surface area (Å²) in [5, 5.41) is 4.36. The van der Waals surface area contributed by atoms with Crippen molar-refractivity contribution in [2.75, 3.05) is 0 Å². The molecule has 1 unspecified atom stereocenters. The van der Waals surface area contributed by atoms with E-state index in [-0.39, 0.29) is 6.04 Å². The highest BCUT2D eigenvalue weighted by atomic mass is 15.3. The SMILES string of the molecule is Cc1ccc(C)c(C(N)Cc2cc(C)nn2C)c1. The molecule has 0 radical (unpaired) electrons. The summed E-state index contributed by atoms with van der Waals surface area (Å²) >= 11 is 0. The molecular formula is C15H21N3. The van der Waals surface area contributed by atoms with Gasteiger partial charge in [-0.3, -0.25) is 4.68 Å². The average molecular weight is 243 g/mol. The molecule has 2 rings (SSSR count). The molecule has 0 spiro atoms. The number of hydrogen-bond acceptors (Lipinski definition) is 2.